The topological polar surface area (TPSA) is 49.5 Å². The fourth-order valence-corrected chi connectivity index (χ4v) is 1.21. The summed E-state index contributed by atoms with van der Waals surface area (Å²) in [6.45, 7) is 9.17. The van der Waals surface area contributed by atoms with Crippen LogP contribution < -0.4 is 5.73 Å². The largest absolute Gasteiger partial charge is 0.389 e. The zero-order valence-electron chi connectivity index (χ0n) is 8.51. The molecule has 0 spiro atoms. The third-order valence-electron chi connectivity index (χ3n) is 1.74. The van der Waals surface area contributed by atoms with Crippen molar-refractivity contribution in [3.63, 3.8) is 0 Å². The Morgan fingerprint density at radius 1 is 1.42 bits per heavy atom. The minimum absolute atomic E-state index is 0.593. The Bertz CT molecular complexity index is 110. The summed E-state index contributed by atoms with van der Waals surface area (Å²) in [5.41, 5.74) is 4.81. The molecular formula is C9H22N2O. The van der Waals surface area contributed by atoms with Crippen LogP contribution >= 0.6 is 0 Å². The number of nitrogens with zero attached hydrogens (tertiary/aromatic N) is 1. The molecule has 0 aromatic heterocycles. The molecule has 0 atom stereocenters. The van der Waals surface area contributed by atoms with E-state index in [-0.39, 0.29) is 0 Å². The predicted octanol–water partition coefficient (Wildman–Crippen LogP) is 0.428. The van der Waals surface area contributed by atoms with Gasteiger partial charge in [0.1, 0.15) is 0 Å². The van der Waals surface area contributed by atoms with Crippen LogP contribution in [0.15, 0.2) is 0 Å². The van der Waals surface area contributed by atoms with Crippen LogP contribution in [-0.2, 0) is 0 Å². The Balaban J connectivity index is 3.67. The van der Waals surface area contributed by atoms with Gasteiger partial charge in [0, 0.05) is 6.54 Å². The molecule has 0 fully saturated rings. The molecule has 0 aliphatic heterocycles. The van der Waals surface area contributed by atoms with Gasteiger partial charge < -0.3 is 15.7 Å². The van der Waals surface area contributed by atoms with Crippen LogP contribution in [0.3, 0.4) is 0 Å². The molecule has 0 aromatic carbocycles. The summed E-state index contributed by atoms with van der Waals surface area (Å²) in [7, 11) is 0. The predicted molar refractivity (Wildman–Crippen MR) is 52.1 cm³/mol. The third kappa shape index (κ3) is 6.58. The molecule has 0 radical (unpaired) electrons. The molecule has 3 N–H and O–H groups in total. The van der Waals surface area contributed by atoms with Gasteiger partial charge in [0.05, 0.1) is 5.60 Å². The van der Waals surface area contributed by atoms with Gasteiger partial charge >= 0.3 is 0 Å². The zero-order chi connectivity index (χ0) is 9.61. The lowest BCUT2D eigenvalue weighted by atomic mass is 10.1. The summed E-state index contributed by atoms with van der Waals surface area (Å²) in [4.78, 5) is 2.22. The molecule has 0 saturated heterocycles. The lowest BCUT2D eigenvalue weighted by Gasteiger charge is -2.27. The highest BCUT2D eigenvalue weighted by atomic mass is 16.3. The van der Waals surface area contributed by atoms with E-state index in [9.17, 15) is 5.11 Å². The summed E-state index contributed by atoms with van der Waals surface area (Å²) >= 11 is 0. The first-order chi connectivity index (χ1) is 5.49. The van der Waals surface area contributed by atoms with E-state index in [0.717, 1.165) is 32.6 Å². The molecule has 0 aliphatic carbocycles. The summed E-state index contributed by atoms with van der Waals surface area (Å²) < 4.78 is 0. The van der Waals surface area contributed by atoms with E-state index in [4.69, 9.17) is 5.73 Å². The fourth-order valence-electron chi connectivity index (χ4n) is 1.21. The first kappa shape index (κ1) is 11.9. The average molecular weight is 174 g/mol. The molecule has 0 aliphatic rings. The first-order valence-corrected chi connectivity index (χ1v) is 4.64. The monoisotopic (exact) mass is 174 g/mol. The molecule has 0 saturated carbocycles. The molecule has 0 bridgehead atoms. The van der Waals surface area contributed by atoms with Crippen molar-refractivity contribution in [1.82, 2.24) is 4.90 Å². The SMILES string of the molecule is CCN(CCCN)CC(C)(C)O. The van der Waals surface area contributed by atoms with Gasteiger partial charge in [-0.3, -0.25) is 0 Å². The van der Waals surface area contributed by atoms with Crippen molar-refractivity contribution in [2.45, 2.75) is 32.8 Å². The standard InChI is InChI=1S/C9H22N2O/c1-4-11(7-5-6-10)8-9(2,3)12/h12H,4-8,10H2,1-3H3. The lowest BCUT2D eigenvalue weighted by molar-refractivity contribution is 0.0377. The molecule has 0 heterocycles. The zero-order valence-corrected chi connectivity index (χ0v) is 8.51. The number of rotatable bonds is 6. The van der Waals surface area contributed by atoms with E-state index in [1.54, 1.807) is 0 Å². The van der Waals surface area contributed by atoms with Gasteiger partial charge in [0.15, 0.2) is 0 Å². The maximum Gasteiger partial charge on any atom is 0.0718 e. The van der Waals surface area contributed by atoms with Gasteiger partial charge in [-0.2, -0.15) is 0 Å². The molecule has 3 nitrogen and oxygen atoms in total. The first-order valence-electron chi connectivity index (χ1n) is 4.64. The molecule has 0 rings (SSSR count). The van der Waals surface area contributed by atoms with Gasteiger partial charge in [-0.15, -0.1) is 0 Å². The van der Waals surface area contributed by atoms with E-state index in [0.29, 0.717) is 0 Å². The quantitative estimate of drug-likeness (QED) is 0.614. The Hall–Kier alpha value is -0.120. The lowest BCUT2D eigenvalue weighted by Crippen LogP contribution is -2.39. The summed E-state index contributed by atoms with van der Waals surface area (Å²) in [6, 6.07) is 0. The van der Waals surface area contributed by atoms with E-state index in [1.165, 1.54) is 0 Å². The van der Waals surface area contributed by atoms with Crippen LogP contribution in [0.5, 0.6) is 0 Å². The van der Waals surface area contributed by atoms with Gasteiger partial charge in [-0.1, -0.05) is 6.92 Å². The maximum atomic E-state index is 9.55. The van der Waals surface area contributed by atoms with E-state index < -0.39 is 5.60 Å². The normalized spacial score (nSPS) is 12.5. The summed E-state index contributed by atoms with van der Waals surface area (Å²) in [5.74, 6) is 0. The number of hydrogen-bond donors (Lipinski definition) is 2. The summed E-state index contributed by atoms with van der Waals surface area (Å²) in [5, 5.41) is 9.55. The number of nitrogens with two attached hydrogens (primary N) is 1. The second kappa shape index (κ2) is 5.51. The van der Waals surface area contributed by atoms with Crippen molar-refractivity contribution in [3.05, 3.63) is 0 Å². The second-order valence-corrected chi connectivity index (χ2v) is 3.82. The molecular weight excluding hydrogens is 152 g/mol. The molecule has 0 amide bonds. The van der Waals surface area contributed by atoms with Crippen LogP contribution in [-0.4, -0.2) is 41.8 Å². The number of likely N-dealkylation sites (N-methyl/N-ethyl adjacent to an activating group) is 1. The smallest absolute Gasteiger partial charge is 0.0718 e. The highest BCUT2D eigenvalue weighted by molar-refractivity contribution is 4.71. The maximum absolute atomic E-state index is 9.55. The van der Waals surface area contributed by atoms with E-state index >= 15 is 0 Å². The molecule has 0 aromatic rings. The Morgan fingerprint density at radius 2 is 2.00 bits per heavy atom. The van der Waals surface area contributed by atoms with Crippen LogP contribution in [0.1, 0.15) is 27.2 Å². The molecule has 3 heteroatoms. The van der Waals surface area contributed by atoms with Crippen molar-refractivity contribution < 1.29 is 5.11 Å². The highest BCUT2D eigenvalue weighted by Gasteiger charge is 2.16. The number of aliphatic hydroxyl groups is 1. The average Bonchev–Trinajstić information content (AvgIpc) is 1.95. The van der Waals surface area contributed by atoms with E-state index in [2.05, 4.69) is 11.8 Å². The fraction of sp³-hybridized carbons (Fsp3) is 1.00. The Morgan fingerprint density at radius 3 is 2.33 bits per heavy atom. The minimum Gasteiger partial charge on any atom is -0.389 e. The molecule has 74 valence electrons. The van der Waals surface area contributed by atoms with Gasteiger partial charge in [-0.05, 0) is 39.9 Å². The Labute approximate surface area is 75.6 Å². The Kier molecular flexibility index (Phi) is 5.46. The van der Waals surface area contributed by atoms with Gasteiger partial charge in [-0.25, -0.2) is 0 Å². The number of hydrogen-bond acceptors (Lipinski definition) is 3. The van der Waals surface area contributed by atoms with Gasteiger partial charge in [0.2, 0.25) is 0 Å². The van der Waals surface area contributed by atoms with Crippen LogP contribution in [0.4, 0.5) is 0 Å². The highest BCUT2D eigenvalue weighted by Crippen LogP contribution is 2.04. The van der Waals surface area contributed by atoms with Crippen LogP contribution in [0, 0.1) is 0 Å². The van der Waals surface area contributed by atoms with Crippen molar-refractivity contribution in [1.29, 1.82) is 0 Å². The summed E-state index contributed by atoms with van der Waals surface area (Å²) in [6.07, 6.45) is 1.00. The van der Waals surface area contributed by atoms with Crippen molar-refractivity contribution in [2.75, 3.05) is 26.2 Å². The van der Waals surface area contributed by atoms with Crippen LogP contribution in [0.25, 0.3) is 0 Å². The van der Waals surface area contributed by atoms with Crippen LogP contribution in [0.2, 0.25) is 0 Å². The van der Waals surface area contributed by atoms with Gasteiger partial charge in [0.25, 0.3) is 0 Å². The third-order valence-corrected chi connectivity index (χ3v) is 1.74. The second-order valence-electron chi connectivity index (χ2n) is 3.82. The minimum atomic E-state index is -0.593. The van der Waals surface area contributed by atoms with E-state index in [1.807, 2.05) is 13.8 Å². The van der Waals surface area contributed by atoms with Crippen molar-refractivity contribution in [2.24, 2.45) is 5.73 Å². The molecule has 12 heavy (non-hydrogen) atoms. The van der Waals surface area contributed by atoms with Crippen molar-refractivity contribution >= 4 is 0 Å². The molecule has 0 unspecified atom stereocenters. The van der Waals surface area contributed by atoms with Crippen molar-refractivity contribution in [3.8, 4) is 0 Å².